The maximum absolute atomic E-state index is 10.8. The van der Waals surface area contributed by atoms with Gasteiger partial charge < -0.3 is 4.57 Å². The van der Waals surface area contributed by atoms with E-state index in [1.165, 1.54) is 0 Å². The molecule has 0 aromatic carbocycles. The molecule has 2 heterocycles. The standard InChI is InChI=1S/C10H11N3OS/c1-2-9(10-12-3-4-15-10)13-7-11-5-8(13)6-14/h3-7,9H,2H2,1H3. The first-order valence-electron chi connectivity index (χ1n) is 4.73. The normalized spacial score (nSPS) is 12.6. The van der Waals surface area contributed by atoms with E-state index in [4.69, 9.17) is 0 Å². The number of carbonyl (C=O) groups excluding carboxylic acids is 1. The topological polar surface area (TPSA) is 47.8 Å². The number of thiazole rings is 1. The van der Waals surface area contributed by atoms with E-state index in [-0.39, 0.29) is 6.04 Å². The molecule has 0 aliphatic carbocycles. The molecular weight excluding hydrogens is 210 g/mol. The minimum atomic E-state index is 0.118. The Kier molecular flexibility index (Phi) is 2.91. The molecule has 4 nitrogen and oxygen atoms in total. The molecule has 2 aromatic heterocycles. The largest absolute Gasteiger partial charge is 0.318 e. The fraction of sp³-hybridized carbons (Fsp3) is 0.300. The van der Waals surface area contributed by atoms with Crippen LogP contribution in [0.15, 0.2) is 24.1 Å². The van der Waals surface area contributed by atoms with Crippen LogP contribution in [0.5, 0.6) is 0 Å². The summed E-state index contributed by atoms with van der Waals surface area (Å²) in [5.74, 6) is 0. The molecule has 15 heavy (non-hydrogen) atoms. The van der Waals surface area contributed by atoms with Gasteiger partial charge in [0.05, 0.1) is 18.6 Å². The summed E-state index contributed by atoms with van der Waals surface area (Å²) >= 11 is 1.60. The third-order valence-corrected chi connectivity index (χ3v) is 3.15. The number of nitrogens with zero attached hydrogens (tertiary/aromatic N) is 3. The number of imidazole rings is 1. The van der Waals surface area contributed by atoms with Gasteiger partial charge in [-0.15, -0.1) is 11.3 Å². The minimum absolute atomic E-state index is 0.118. The zero-order valence-corrected chi connectivity index (χ0v) is 9.15. The molecule has 0 amide bonds. The van der Waals surface area contributed by atoms with Gasteiger partial charge in [-0.1, -0.05) is 6.92 Å². The smallest absolute Gasteiger partial charge is 0.168 e. The quantitative estimate of drug-likeness (QED) is 0.743. The minimum Gasteiger partial charge on any atom is -0.318 e. The first kappa shape index (κ1) is 10.0. The highest BCUT2D eigenvalue weighted by atomic mass is 32.1. The zero-order chi connectivity index (χ0) is 10.7. The maximum atomic E-state index is 10.8. The first-order chi connectivity index (χ1) is 7.36. The predicted octanol–water partition coefficient (Wildman–Crippen LogP) is 2.15. The van der Waals surface area contributed by atoms with E-state index in [2.05, 4.69) is 16.9 Å². The van der Waals surface area contributed by atoms with Crippen LogP contribution in [0.4, 0.5) is 0 Å². The van der Waals surface area contributed by atoms with Gasteiger partial charge in [-0.05, 0) is 6.42 Å². The van der Waals surface area contributed by atoms with Gasteiger partial charge in [0.25, 0.3) is 0 Å². The van der Waals surface area contributed by atoms with Crippen LogP contribution in [0.25, 0.3) is 0 Å². The number of carbonyl (C=O) groups is 1. The number of aldehydes is 1. The Morgan fingerprint density at radius 3 is 3.13 bits per heavy atom. The predicted molar refractivity (Wildman–Crippen MR) is 58.2 cm³/mol. The number of hydrogen-bond acceptors (Lipinski definition) is 4. The number of aromatic nitrogens is 3. The summed E-state index contributed by atoms with van der Waals surface area (Å²) in [6.45, 7) is 2.07. The van der Waals surface area contributed by atoms with E-state index in [1.54, 1.807) is 30.1 Å². The molecule has 0 radical (unpaired) electrons. The van der Waals surface area contributed by atoms with Crippen LogP contribution < -0.4 is 0 Å². The summed E-state index contributed by atoms with van der Waals surface area (Å²) in [5, 5.41) is 2.95. The van der Waals surface area contributed by atoms with Crippen LogP contribution in [0.1, 0.15) is 34.9 Å². The van der Waals surface area contributed by atoms with E-state index >= 15 is 0 Å². The van der Waals surface area contributed by atoms with Crippen LogP contribution >= 0.6 is 11.3 Å². The molecule has 1 atom stereocenters. The van der Waals surface area contributed by atoms with Crippen LogP contribution in [0.2, 0.25) is 0 Å². The summed E-state index contributed by atoms with van der Waals surface area (Å²) in [4.78, 5) is 19.1. The highest BCUT2D eigenvalue weighted by molar-refractivity contribution is 7.09. The third kappa shape index (κ3) is 1.83. The molecule has 5 heteroatoms. The van der Waals surface area contributed by atoms with Crippen LogP contribution in [0, 0.1) is 0 Å². The summed E-state index contributed by atoms with van der Waals surface area (Å²) in [6, 6.07) is 0.118. The second-order valence-corrected chi connectivity index (χ2v) is 4.06. The molecule has 2 rings (SSSR count). The van der Waals surface area contributed by atoms with Gasteiger partial charge in [-0.3, -0.25) is 4.79 Å². The first-order valence-corrected chi connectivity index (χ1v) is 5.61. The average molecular weight is 221 g/mol. The molecule has 0 aliphatic rings. The van der Waals surface area contributed by atoms with Crippen molar-refractivity contribution in [1.82, 2.24) is 14.5 Å². The fourth-order valence-corrected chi connectivity index (χ4v) is 2.38. The maximum Gasteiger partial charge on any atom is 0.168 e. The molecule has 0 saturated carbocycles. The Balaban J connectivity index is 2.39. The fourth-order valence-electron chi connectivity index (χ4n) is 1.56. The molecule has 1 unspecified atom stereocenters. The molecule has 0 bridgehead atoms. The van der Waals surface area contributed by atoms with E-state index in [9.17, 15) is 4.79 Å². The molecule has 2 aromatic rings. The molecule has 78 valence electrons. The lowest BCUT2D eigenvalue weighted by molar-refractivity contribution is 0.111. The number of rotatable bonds is 4. The highest BCUT2D eigenvalue weighted by Gasteiger charge is 2.16. The second-order valence-electron chi connectivity index (χ2n) is 3.14. The van der Waals surface area contributed by atoms with Crippen molar-refractivity contribution in [3.8, 4) is 0 Å². The molecule has 0 N–H and O–H groups in total. The summed E-state index contributed by atoms with van der Waals surface area (Å²) < 4.78 is 1.87. The molecule has 0 aliphatic heterocycles. The van der Waals surface area contributed by atoms with E-state index < -0.39 is 0 Å². The lowest BCUT2D eigenvalue weighted by Gasteiger charge is -2.14. The van der Waals surface area contributed by atoms with Crippen molar-refractivity contribution in [1.29, 1.82) is 0 Å². The van der Waals surface area contributed by atoms with Crippen LogP contribution in [-0.4, -0.2) is 20.8 Å². The van der Waals surface area contributed by atoms with E-state index in [0.29, 0.717) is 5.69 Å². The SMILES string of the molecule is CCC(c1nccs1)n1cncc1C=O. The molecule has 0 saturated heterocycles. The molecule has 0 fully saturated rings. The van der Waals surface area contributed by atoms with Gasteiger partial charge in [-0.2, -0.15) is 0 Å². The van der Waals surface area contributed by atoms with Crippen molar-refractivity contribution in [3.63, 3.8) is 0 Å². The lowest BCUT2D eigenvalue weighted by atomic mass is 10.2. The Morgan fingerprint density at radius 1 is 1.67 bits per heavy atom. The van der Waals surface area contributed by atoms with Crippen molar-refractivity contribution in [2.24, 2.45) is 0 Å². The van der Waals surface area contributed by atoms with Crippen molar-refractivity contribution in [2.45, 2.75) is 19.4 Å². The van der Waals surface area contributed by atoms with Crippen LogP contribution in [-0.2, 0) is 0 Å². The van der Waals surface area contributed by atoms with Crippen LogP contribution in [0.3, 0.4) is 0 Å². The van der Waals surface area contributed by atoms with Crippen molar-refractivity contribution in [2.75, 3.05) is 0 Å². The summed E-state index contributed by atoms with van der Waals surface area (Å²) in [6.07, 6.45) is 6.75. The monoisotopic (exact) mass is 221 g/mol. The van der Waals surface area contributed by atoms with E-state index in [1.807, 2.05) is 9.95 Å². The number of hydrogen-bond donors (Lipinski definition) is 0. The van der Waals surface area contributed by atoms with Gasteiger partial charge in [0.2, 0.25) is 0 Å². The Hall–Kier alpha value is -1.49. The van der Waals surface area contributed by atoms with Gasteiger partial charge in [0.15, 0.2) is 6.29 Å². The van der Waals surface area contributed by atoms with Crippen molar-refractivity contribution >= 4 is 17.6 Å². The Labute approximate surface area is 91.6 Å². The molecular formula is C10H11N3OS. The zero-order valence-electron chi connectivity index (χ0n) is 8.33. The Morgan fingerprint density at radius 2 is 2.53 bits per heavy atom. The highest BCUT2D eigenvalue weighted by Crippen LogP contribution is 2.24. The van der Waals surface area contributed by atoms with Gasteiger partial charge in [-0.25, -0.2) is 9.97 Å². The Bertz CT molecular complexity index is 435. The summed E-state index contributed by atoms with van der Waals surface area (Å²) in [5.41, 5.74) is 0.594. The summed E-state index contributed by atoms with van der Waals surface area (Å²) in [7, 11) is 0. The van der Waals surface area contributed by atoms with Gasteiger partial charge in [0, 0.05) is 11.6 Å². The van der Waals surface area contributed by atoms with Gasteiger partial charge >= 0.3 is 0 Å². The van der Waals surface area contributed by atoms with E-state index in [0.717, 1.165) is 17.7 Å². The van der Waals surface area contributed by atoms with Gasteiger partial charge in [0.1, 0.15) is 10.7 Å². The molecule has 0 spiro atoms. The second kappa shape index (κ2) is 4.35. The lowest BCUT2D eigenvalue weighted by Crippen LogP contribution is -2.11. The average Bonchev–Trinajstić information content (AvgIpc) is 2.89. The van der Waals surface area contributed by atoms with Crippen molar-refractivity contribution in [3.05, 3.63) is 34.8 Å². The van der Waals surface area contributed by atoms with Crippen molar-refractivity contribution < 1.29 is 4.79 Å². The third-order valence-electron chi connectivity index (χ3n) is 2.28.